The minimum Gasteiger partial charge on any atom is -0.376 e. The second-order valence-corrected chi connectivity index (χ2v) is 7.77. The summed E-state index contributed by atoms with van der Waals surface area (Å²) in [7, 11) is 0. The van der Waals surface area contributed by atoms with E-state index in [0.717, 1.165) is 45.8 Å². The van der Waals surface area contributed by atoms with E-state index in [1.807, 2.05) is 42.5 Å². The molecule has 2 fully saturated rings. The number of rotatable bonds is 5. The van der Waals surface area contributed by atoms with Gasteiger partial charge in [0.1, 0.15) is 6.54 Å². The molecule has 0 bridgehead atoms. The number of hydrogen-bond acceptors (Lipinski definition) is 5. The number of ether oxygens (including phenoxy) is 1. The van der Waals surface area contributed by atoms with E-state index < -0.39 is 11.1 Å². The van der Waals surface area contributed by atoms with E-state index in [1.165, 1.54) is 0 Å². The number of benzene rings is 2. The van der Waals surface area contributed by atoms with Crippen molar-refractivity contribution in [2.45, 2.75) is 18.9 Å². The summed E-state index contributed by atoms with van der Waals surface area (Å²) in [6.45, 7) is 0.841. The first-order chi connectivity index (χ1) is 13.6. The molecular formula is C21H20N2O4S. The maximum absolute atomic E-state index is 12.7. The van der Waals surface area contributed by atoms with Crippen LogP contribution in [0.4, 0.5) is 4.79 Å². The fourth-order valence-electron chi connectivity index (χ4n) is 3.39. The first-order valence-electron chi connectivity index (χ1n) is 9.23. The molecule has 6 nitrogen and oxygen atoms in total. The highest BCUT2D eigenvalue weighted by atomic mass is 32.2. The van der Waals surface area contributed by atoms with Gasteiger partial charge in [0.2, 0.25) is 5.91 Å². The molecule has 2 aliphatic rings. The number of thioether (sulfide) groups is 1. The third kappa shape index (κ3) is 3.95. The van der Waals surface area contributed by atoms with Crippen molar-refractivity contribution in [3.63, 3.8) is 0 Å². The molecule has 1 atom stereocenters. The molecule has 7 heteroatoms. The highest BCUT2D eigenvalue weighted by Gasteiger charge is 2.36. The van der Waals surface area contributed by atoms with Crippen molar-refractivity contribution in [2.75, 3.05) is 19.7 Å². The summed E-state index contributed by atoms with van der Waals surface area (Å²) in [5, 5.41) is 4.38. The molecular weight excluding hydrogens is 376 g/mol. The Kier molecular flexibility index (Phi) is 5.45. The number of carbonyl (C=O) groups is 3. The number of amides is 3. The molecule has 0 spiro atoms. The molecule has 2 heterocycles. The maximum atomic E-state index is 12.7. The summed E-state index contributed by atoms with van der Waals surface area (Å²) in [6, 6.07) is 13.7. The Morgan fingerprint density at radius 2 is 2.04 bits per heavy atom. The van der Waals surface area contributed by atoms with E-state index in [1.54, 1.807) is 6.08 Å². The van der Waals surface area contributed by atoms with Crippen LogP contribution in [-0.2, 0) is 14.3 Å². The zero-order valence-corrected chi connectivity index (χ0v) is 16.0. The van der Waals surface area contributed by atoms with Gasteiger partial charge in [0.15, 0.2) is 0 Å². The fraction of sp³-hybridized carbons (Fsp3) is 0.286. The molecule has 0 aliphatic carbocycles. The fourth-order valence-corrected chi connectivity index (χ4v) is 4.22. The van der Waals surface area contributed by atoms with Gasteiger partial charge < -0.3 is 10.1 Å². The number of nitrogens with one attached hydrogen (secondary N) is 1. The highest BCUT2D eigenvalue weighted by Crippen LogP contribution is 2.33. The summed E-state index contributed by atoms with van der Waals surface area (Å²) in [5.41, 5.74) is 0.867. The van der Waals surface area contributed by atoms with Crippen molar-refractivity contribution in [2.24, 2.45) is 0 Å². The van der Waals surface area contributed by atoms with E-state index >= 15 is 0 Å². The van der Waals surface area contributed by atoms with E-state index in [-0.39, 0.29) is 18.6 Å². The van der Waals surface area contributed by atoms with Gasteiger partial charge in [-0.25, -0.2) is 0 Å². The summed E-state index contributed by atoms with van der Waals surface area (Å²) in [5.74, 6) is -0.792. The van der Waals surface area contributed by atoms with Crippen molar-refractivity contribution in [3.05, 3.63) is 52.9 Å². The molecule has 2 aromatic rings. The first-order valence-corrected chi connectivity index (χ1v) is 10.0. The lowest BCUT2D eigenvalue weighted by Gasteiger charge is -2.14. The predicted octanol–water partition coefficient (Wildman–Crippen LogP) is 3.17. The van der Waals surface area contributed by atoms with Crippen molar-refractivity contribution in [3.8, 4) is 0 Å². The Morgan fingerprint density at radius 1 is 1.21 bits per heavy atom. The Labute approximate surface area is 166 Å². The van der Waals surface area contributed by atoms with Gasteiger partial charge in [0.05, 0.1) is 11.0 Å². The summed E-state index contributed by atoms with van der Waals surface area (Å²) in [6.07, 6.45) is 3.64. The average molecular weight is 396 g/mol. The Morgan fingerprint density at radius 3 is 2.86 bits per heavy atom. The Hall–Kier alpha value is -2.64. The Balaban J connectivity index is 1.46. The van der Waals surface area contributed by atoms with E-state index in [0.29, 0.717) is 18.1 Å². The molecule has 2 saturated heterocycles. The maximum Gasteiger partial charge on any atom is 0.294 e. The van der Waals surface area contributed by atoms with Gasteiger partial charge in [0, 0.05) is 13.2 Å². The third-order valence-corrected chi connectivity index (χ3v) is 5.74. The van der Waals surface area contributed by atoms with Crippen molar-refractivity contribution < 1.29 is 19.1 Å². The standard InChI is InChI=1S/C21H20N2O4S/c24-19(22-12-16-8-4-10-27-16)13-23-20(25)18(28-21(23)26)11-15-7-3-6-14-5-1-2-9-17(14)15/h1-3,5-7,9,11,16H,4,8,10,12-13H2,(H,22,24)/b18-11-/t16-/m1/s1. The largest absolute Gasteiger partial charge is 0.376 e. The van der Waals surface area contributed by atoms with Crippen LogP contribution in [0.5, 0.6) is 0 Å². The van der Waals surface area contributed by atoms with Crippen molar-refractivity contribution in [1.29, 1.82) is 0 Å². The molecule has 0 unspecified atom stereocenters. The lowest BCUT2D eigenvalue weighted by molar-refractivity contribution is -0.129. The van der Waals surface area contributed by atoms with Gasteiger partial charge in [-0.05, 0) is 47.0 Å². The second-order valence-electron chi connectivity index (χ2n) is 6.78. The minimum atomic E-state index is -0.435. The number of imide groups is 1. The molecule has 0 aromatic heterocycles. The molecule has 144 valence electrons. The lowest BCUT2D eigenvalue weighted by atomic mass is 10.0. The van der Waals surface area contributed by atoms with Crippen LogP contribution in [-0.4, -0.2) is 47.8 Å². The zero-order valence-electron chi connectivity index (χ0n) is 15.2. The highest BCUT2D eigenvalue weighted by molar-refractivity contribution is 8.18. The zero-order chi connectivity index (χ0) is 19.5. The summed E-state index contributed by atoms with van der Waals surface area (Å²) in [4.78, 5) is 38.4. The molecule has 2 aromatic carbocycles. The van der Waals surface area contributed by atoms with Gasteiger partial charge in [0.25, 0.3) is 11.1 Å². The normalized spacial score (nSPS) is 21.1. The van der Waals surface area contributed by atoms with Crippen LogP contribution in [0.1, 0.15) is 18.4 Å². The molecule has 3 amide bonds. The molecule has 0 saturated carbocycles. The van der Waals surface area contributed by atoms with Crippen LogP contribution in [0, 0.1) is 0 Å². The van der Waals surface area contributed by atoms with Crippen LogP contribution >= 0.6 is 11.8 Å². The van der Waals surface area contributed by atoms with E-state index in [2.05, 4.69) is 5.32 Å². The summed E-state index contributed by atoms with van der Waals surface area (Å²) < 4.78 is 5.46. The topological polar surface area (TPSA) is 75.7 Å². The van der Waals surface area contributed by atoms with Crippen LogP contribution in [0.3, 0.4) is 0 Å². The van der Waals surface area contributed by atoms with E-state index in [4.69, 9.17) is 4.74 Å². The van der Waals surface area contributed by atoms with Crippen LogP contribution in [0.2, 0.25) is 0 Å². The molecule has 0 radical (unpaired) electrons. The van der Waals surface area contributed by atoms with Gasteiger partial charge in [-0.1, -0.05) is 42.5 Å². The van der Waals surface area contributed by atoms with Crippen LogP contribution in [0.25, 0.3) is 16.8 Å². The van der Waals surface area contributed by atoms with Crippen molar-refractivity contribution >= 4 is 45.7 Å². The number of nitrogens with zero attached hydrogens (tertiary/aromatic N) is 1. The quantitative estimate of drug-likeness (QED) is 0.786. The SMILES string of the molecule is O=C(CN1C(=O)S/C(=C\c2cccc3ccccc23)C1=O)NC[C@H]1CCCO1. The predicted molar refractivity (Wildman–Crippen MR) is 109 cm³/mol. The molecule has 28 heavy (non-hydrogen) atoms. The van der Waals surface area contributed by atoms with Gasteiger partial charge in [-0.3, -0.25) is 19.3 Å². The second kappa shape index (κ2) is 8.16. The van der Waals surface area contributed by atoms with E-state index in [9.17, 15) is 14.4 Å². The lowest BCUT2D eigenvalue weighted by Crippen LogP contribution is -2.41. The minimum absolute atomic E-state index is 0.0186. The molecule has 1 N–H and O–H groups in total. The third-order valence-electron chi connectivity index (χ3n) is 4.84. The molecule has 4 rings (SSSR count). The van der Waals surface area contributed by atoms with Gasteiger partial charge in [-0.15, -0.1) is 0 Å². The van der Waals surface area contributed by atoms with Gasteiger partial charge in [-0.2, -0.15) is 0 Å². The first kappa shape index (κ1) is 18.7. The van der Waals surface area contributed by atoms with Crippen molar-refractivity contribution in [1.82, 2.24) is 10.2 Å². The van der Waals surface area contributed by atoms with Crippen LogP contribution in [0.15, 0.2) is 47.4 Å². The average Bonchev–Trinajstić information content (AvgIpc) is 3.31. The number of hydrogen-bond donors (Lipinski definition) is 1. The monoisotopic (exact) mass is 396 g/mol. The molecule has 2 aliphatic heterocycles. The smallest absolute Gasteiger partial charge is 0.294 e. The van der Waals surface area contributed by atoms with Gasteiger partial charge >= 0.3 is 0 Å². The Bertz CT molecular complexity index is 961. The van der Waals surface area contributed by atoms with Crippen LogP contribution < -0.4 is 5.32 Å². The number of carbonyl (C=O) groups excluding carboxylic acids is 3. The summed E-state index contributed by atoms with van der Waals surface area (Å²) >= 11 is 0.864. The number of fused-ring (bicyclic) bond motifs is 1.